The van der Waals surface area contributed by atoms with Gasteiger partial charge in [0.05, 0.1) is 9.95 Å². The van der Waals surface area contributed by atoms with Gasteiger partial charge in [0, 0.05) is 22.5 Å². The minimum absolute atomic E-state index is 0.0198. The summed E-state index contributed by atoms with van der Waals surface area (Å²) in [7, 11) is 1.83. The second kappa shape index (κ2) is 6.14. The van der Waals surface area contributed by atoms with Gasteiger partial charge in [0.1, 0.15) is 0 Å². The van der Waals surface area contributed by atoms with Gasteiger partial charge in [-0.2, -0.15) is 0 Å². The first kappa shape index (κ1) is 14.0. The van der Waals surface area contributed by atoms with E-state index in [1.54, 1.807) is 23.5 Å². The molecule has 1 aromatic carbocycles. The molecule has 2 rings (SSSR count). The Kier molecular flexibility index (Phi) is 4.52. The van der Waals surface area contributed by atoms with E-state index in [0.717, 1.165) is 4.88 Å². The van der Waals surface area contributed by atoms with Gasteiger partial charge < -0.3 is 5.32 Å². The van der Waals surface area contributed by atoms with Crippen LogP contribution in [-0.2, 0) is 6.42 Å². The van der Waals surface area contributed by atoms with E-state index < -0.39 is 0 Å². The van der Waals surface area contributed by atoms with E-state index in [-0.39, 0.29) is 16.7 Å². The highest BCUT2D eigenvalue weighted by Gasteiger charge is 2.20. The predicted molar refractivity (Wildman–Crippen MR) is 77.9 cm³/mol. The van der Waals surface area contributed by atoms with Crippen LogP contribution in [0.2, 0.25) is 5.02 Å². The average Bonchev–Trinajstić information content (AvgIpc) is 2.82. The third-order valence-electron chi connectivity index (χ3n) is 2.92. The lowest BCUT2D eigenvalue weighted by Crippen LogP contribution is -2.18. The largest absolute Gasteiger partial charge is 0.312 e. The van der Waals surface area contributed by atoms with E-state index in [2.05, 4.69) is 5.32 Å². The van der Waals surface area contributed by atoms with Crippen molar-refractivity contribution in [2.45, 2.75) is 12.5 Å². The summed E-state index contributed by atoms with van der Waals surface area (Å²) in [6.07, 6.45) is 0.536. The molecule has 1 atom stereocenters. The third kappa shape index (κ3) is 3.12. The van der Waals surface area contributed by atoms with Gasteiger partial charge in [-0.25, -0.2) is 0 Å². The normalized spacial score (nSPS) is 12.3. The number of nitro benzene ring substituents is 1. The summed E-state index contributed by atoms with van der Waals surface area (Å²) in [5.41, 5.74) is 0.853. The zero-order valence-electron chi connectivity index (χ0n) is 10.3. The number of halogens is 1. The van der Waals surface area contributed by atoms with E-state index in [9.17, 15) is 10.1 Å². The van der Waals surface area contributed by atoms with Crippen molar-refractivity contribution in [3.63, 3.8) is 0 Å². The van der Waals surface area contributed by atoms with Crippen LogP contribution in [0.25, 0.3) is 0 Å². The van der Waals surface area contributed by atoms with Crippen LogP contribution in [0.15, 0.2) is 35.7 Å². The van der Waals surface area contributed by atoms with E-state index in [1.807, 2.05) is 24.6 Å². The molecular weight excluding hydrogens is 284 g/mol. The van der Waals surface area contributed by atoms with Crippen LogP contribution in [0.5, 0.6) is 0 Å². The van der Waals surface area contributed by atoms with Gasteiger partial charge in [-0.3, -0.25) is 10.1 Å². The highest BCUT2D eigenvalue weighted by atomic mass is 35.5. The molecule has 4 nitrogen and oxygen atoms in total. The molecule has 0 aliphatic heterocycles. The number of hydrogen-bond acceptors (Lipinski definition) is 4. The van der Waals surface area contributed by atoms with Crippen LogP contribution >= 0.6 is 22.9 Å². The molecule has 1 N–H and O–H groups in total. The lowest BCUT2D eigenvalue weighted by atomic mass is 10.0. The summed E-state index contributed by atoms with van der Waals surface area (Å²) in [5.74, 6) is 0. The van der Waals surface area contributed by atoms with E-state index in [1.165, 1.54) is 6.07 Å². The Morgan fingerprint density at radius 1 is 1.42 bits per heavy atom. The molecule has 1 unspecified atom stereocenters. The lowest BCUT2D eigenvalue weighted by molar-refractivity contribution is -0.385. The maximum absolute atomic E-state index is 11.0. The quantitative estimate of drug-likeness (QED) is 0.674. The molecule has 19 heavy (non-hydrogen) atoms. The SMILES string of the molecule is CNC(Cc1ccccc1[N+](=O)[O-])c1sccc1Cl. The number of nitro groups is 1. The highest BCUT2D eigenvalue weighted by Crippen LogP contribution is 2.32. The fourth-order valence-electron chi connectivity index (χ4n) is 1.96. The molecule has 0 saturated heterocycles. The first-order chi connectivity index (χ1) is 9.13. The fraction of sp³-hybridized carbons (Fsp3) is 0.231. The summed E-state index contributed by atoms with van der Waals surface area (Å²) < 4.78 is 0. The van der Waals surface area contributed by atoms with Crippen LogP contribution in [-0.4, -0.2) is 12.0 Å². The Balaban J connectivity index is 2.29. The van der Waals surface area contributed by atoms with Crippen molar-refractivity contribution < 1.29 is 4.92 Å². The van der Waals surface area contributed by atoms with Gasteiger partial charge in [0.25, 0.3) is 5.69 Å². The van der Waals surface area contributed by atoms with Gasteiger partial charge in [0.15, 0.2) is 0 Å². The molecule has 0 aliphatic carbocycles. The van der Waals surface area contributed by atoms with Crippen molar-refractivity contribution in [1.82, 2.24) is 5.32 Å². The smallest absolute Gasteiger partial charge is 0.272 e. The molecule has 0 fully saturated rings. The number of nitrogens with one attached hydrogen (secondary N) is 1. The zero-order chi connectivity index (χ0) is 13.8. The van der Waals surface area contributed by atoms with E-state index in [0.29, 0.717) is 17.0 Å². The maximum Gasteiger partial charge on any atom is 0.272 e. The second-order valence-corrected chi connectivity index (χ2v) is 5.42. The molecule has 1 aromatic heterocycles. The molecule has 0 aliphatic rings. The summed E-state index contributed by atoms with van der Waals surface area (Å²) in [6, 6.07) is 8.61. The predicted octanol–water partition coefficient (Wildman–Crippen LogP) is 3.81. The standard InChI is InChI=1S/C13H13ClN2O2S/c1-15-11(13-10(14)6-7-19-13)8-9-4-2-3-5-12(9)16(17)18/h2-7,11,15H,8H2,1H3. The third-order valence-corrected chi connectivity index (χ3v) is 4.39. The molecule has 0 spiro atoms. The molecule has 100 valence electrons. The number of thiophene rings is 1. The van der Waals surface area contributed by atoms with Gasteiger partial charge in [-0.15, -0.1) is 11.3 Å². The minimum atomic E-state index is -0.349. The minimum Gasteiger partial charge on any atom is -0.312 e. The van der Waals surface area contributed by atoms with Crippen LogP contribution in [0.4, 0.5) is 5.69 Å². The molecule has 0 saturated carbocycles. The topological polar surface area (TPSA) is 55.2 Å². The Hall–Kier alpha value is -1.43. The average molecular weight is 297 g/mol. The molecule has 0 bridgehead atoms. The van der Waals surface area contributed by atoms with Crippen molar-refractivity contribution in [2.24, 2.45) is 0 Å². The first-order valence-electron chi connectivity index (χ1n) is 5.76. The number of hydrogen-bond donors (Lipinski definition) is 1. The van der Waals surface area contributed by atoms with Crippen LogP contribution < -0.4 is 5.32 Å². The molecule has 0 amide bonds. The van der Waals surface area contributed by atoms with E-state index in [4.69, 9.17) is 11.6 Å². The number of likely N-dealkylation sites (N-methyl/N-ethyl adjacent to an activating group) is 1. The second-order valence-electron chi connectivity index (χ2n) is 4.06. The fourth-order valence-corrected chi connectivity index (χ4v) is 3.26. The first-order valence-corrected chi connectivity index (χ1v) is 7.01. The Morgan fingerprint density at radius 2 is 2.16 bits per heavy atom. The molecular formula is C13H13ClN2O2S. The Labute approximate surface area is 120 Å². The van der Waals surface area contributed by atoms with E-state index >= 15 is 0 Å². The monoisotopic (exact) mass is 296 g/mol. The molecule has 0 radical (unpaired) electrons. The number of nitrogens with zero attached hydrogens (tertiary/aromatic N) is 1. The summed E-state index contributed by atoms with van der Waals surface area (Å²) in [6.45, 7) is 0. The molecule has 6 heteroatoms. The molecule has 2 aromatic rings. The van der Waals surface area contributed by atoms with Crippen molar-refractivity contribution in [3.8, 4) is 0 Å². The molecule has 1 heterocycles. The number of rotatable bonds is 5. The van der Waals surface area contributed by atoms with Gasteiger partial charge in [-0.1, -0.05) is 29.8 Å². The highest BCUT2D eigenvalue weighted by molar-refractivity contribution is 7.10. The van der Waals surface area contributed by atoms with Crippen LogP contribution in [0.3, 0.4) is 0 Å². The summed E-state index contributed by atoms with van der Waals surface area (Å²) >= 11 is 7.67. The van der Waals surface area contributed by atoms with Crippen molar-refractivity contribution in [1.29, 1.82) is 0 Å². The summed E-state index contributed by atoms with van der Waals surface area (Å²) in [4.78, 5) is 11.7. The van der Waals surface area contributed by atoms with Crippen LogP contribution in [0, 0.1) is 10.1 Å². The van der Waals surface area contributed by atoms with Gasteiger partial charge >= 0.3 is 0 Å². The summed E-state index contributed by atoms with van der Waals surface area (Å²) in [5, 5.41) is 16.8. The number of para-hydroxylation sites is 1. The maximum atomic E-state index is 11.0. The van der Waals surface area contributed by atoms with Crippen molar-refractivity contribution in [2.75, 3.05) is 7.05 Å². The van der Waals surface area contributed by atoms with Gasteiger partial charge in [0.2, 0.25) is 0 Å². The van der Waals surface area contributed by atoms with Crippen molar-refractivity contribution >= 4 is 28.6 Å². The van der Waals surface area contributed by atoms with Gasteiger partial charge in [-0.05, 0) is 24.9 Å². The Bertz CT molecular complexity index is 586. The van der Waals surface area contributed by atoms with Crippen molar-refractivity contribution in [3.05, 3.63) is 61.3 Å². The zero-order valence-corrected chi connectivity index (χ0v) is 11.9. The lowest BCUT2D eigenvalue weighted by Gasteiger charge is -2.15. The van der Waals surface area contributed by atoms with Crippen LogP contribution in [0.1, 0.15) is 16.5 Å². The Morgan fingerprint density at radius 3 is 2.74 bits per heavy atom. The number of benzene rings is 1.